The fourth-order valence-corrected chi connectivity index (χ4v) is 3.43. The summed E-state index contributed by atoms with van der Waals surface area (Å²) in [6.07, 6.45) is 0.840. The standard InChI is InChI=1S/C10H23N3O2S/c1-8-7-11-6-5-9(8)12-16(14,15)13-10(2,3)4/h8-9,11-13H,5-7H2,1-4H3. The monoisotopic (exact) mass is 249 g/mol. The van der Waals surface area contributed by atoms with E-state index >= 15 is 0 Å². The van der Waals surface area contributed by atoms with Gasteiger partial charge in [0.15, 0.2) is 0 Å². The molecule has 0 bridgehead atoms. The van der Waals surface area contributed by atoms with Crippen molar-refractivity contribution in [1.29, 1.82) is 0 Å². The van der Waals surface area contributed by atoms with E-state index in [9.17, 15) is 8.42 Å². The molecule has 0 amide bonds. The predicted octanol–water partition coefficient (Wildman–Crippen LogP) is 0.207. The first-order chi connectivity index (χ1) is 7.20. The Balaban J connectivity index is 2.58. The predicted molar refractivity (Wildman–Crippen MR) is 65.4 cm³/mol. The second-order valence-electron chi connectivity index (χ2n) is 5.55. The maximum Gasteiger partial charge on any atom is 0.277 e. The highest BCUT2D eigenvalue weighted by molar-refractivity contribution is 7.87. The molecule has 16 heavy (non-hydrogen) atoms. The lowest BCUT2D eigenvalue weighted by molar-refractivity contribution is 0.325. The third-order valence-electron chi connectivity index (χ3n) is 2.53. The quantitative estimate of drug-likeness (QED) is 0.669. The summed E-state index contributed by atoms with van der Waals surface area (Å²) in [5, 5.41) is 3.24. The van der Waals surface area contributed by atoms with Crippen LogP contribution in [0.25, 0.3) is 0 Å². The van der Waals surface area contributed by atoms with Crippen LogP contribution in [0.2, 0.25) is 0 Å². The molecule has 5 nitrogen and oxygen atoms in total. The van der Waals surface area contributed by atoms with Gasteiger partial charge in [-0.2, -0.15) is 17.9 Å². The molecule has 3 N–H and O–H groups in total. The van der Waals surface area contributed by atoms with Gasteiger partial charge in [-0.3, -0.25) is 0 Å². The molecule has 96 valence electrons. The van der Waals surface area contributed by atoms with Crippen LogP contribution in [0.4, 0.5) is 0 Å². The Morgan fingerprint density at radius 1 is 1.31 bits per heavy atom. The molecule has 1 heterocycles. The molecule has 0 aromatic carbocycles. The summed E-state index contributed by atoms with van der Waals surface area (Å²) in [4.78, 5) is 0. The van der Waals surface area contributed by atoms with E-state index in [0.29, 0.717) is 5.92 Å². The molecule has 0 aromatic rings. The number of rotatable bonds is 3. The van der Waals surface area contributed by atoms with E-state index in [1.165, 1.54) is 0 Å². The number of hydrogen-bond donors (Lipinski definition) is 3. The molecule has 1 rings (SSSR count). The Morgan fingerprint density at radius 2 is 1.94 bits per heavy atom. The molecule has 2 atom stereocenters. The fraction of sp³-hybridized carbons (Fsp3) is 1.00. The lowest BCUT2D eigenvalue weighted by Gasteiger charge is -2.31. The molecule has 1 aliphatic heterocycles. The van der Waals surface area contributed by atoms with Gasteiger partial charge in [-0.05, 0) is 46.2 Å². The van der Waals surface area contributed by atoms with Crippen molar-refractivity contribution in [3.63, 3.8) is 0 Å². The SMILES string of the molecule is CC1CNCCC1NS(=O)(=O)NC(C)(C)C. The summed E-state index contributed by atoms with van der Waals surface area (Å²) in [6, 6.07) is 0.0288. The number of piperidine rings is 1. The summed E-state index contributed by atoms with van der Waals surface area (Å²) < 4.78 is 29.0. The molecule has 0 saturated carbocycles. The van der Waals surface area contributed by atoms with Crippen LogP contribution in [0, 0.1) is 5.92 Å². The largest absolute Gasteiger partial charge is 0.316 e. The first kappa shape index (κ1) is 13.9. The fourth-order valence-electron chi connectivity index (χ4n) is 1.82. The van der Waals surface area contributed by atoms with Crippen LogP contribution in [0.3, 0.4) is 0 Å². The van der Waals surface area contributed by atoms with Crippen LogP contribution >= 0.6 is 0 Å². The van der Waals surface area contributed by atoms with Gasteiger partial charge in [0.2, 0.25) is 0 Å². The van der Waals surface area contributed by atoms with Crippen LogP contribution in [0.1, 0.15) is 34.1 Å². The Hall–Kier alpha value is -0.170. The third kappa shape index (κ3) is 4.78. The Bertz CT molecular complexity index is 321. The van der Waals surface area contributed by atoms with Crippen LogP contribution in [-0.4, -0.2) is 33.1 Å². The molecule has 0 aliphatic carbocycles. The first-order valence-corrected chi connectivity index (χ1v) is 7.20. The van der Waals surface area contributed by atoms with Crippen LogP contribution < -0.4 is 14.8 Å². The van der Waals surface area contributed by atoms with E-state index in [1.54, 1.807) is 0 Å². The van der Waals surface area contributed by atoms with Crippen LogP contribution in [0.15, 0.2) is 0 Å². The van der Waals surface area contributed by atoms with Gasteiger partial charge in [0.1, 0.15) is 0 Å². The molecule has 0 aromatic heterocycles. The van der Waals surface area contributed by atoms with Gasteiger partial charge in [-0.25, -0.2) is 0 Å². The van der Waals surface area contributed by atoms with Crippen molar-refractivity contribution < 1.29 is 8.42 Å². The first-order valence-electron chi connectivity index (χ1n) is 5.71. The Kier molecular flexibility index (Phi) is 4.34. The van der Waals surface area contributed by atoms with Crippen LogP contribution in [0.5, 0.6) is 0 Å². The van der Waals surface area contributed by atoms with E-state index in [-0.39, 0.29) is 6.04 Å². The maximum atomic E-state index is 11.8. The van der Waals surface area contributed by atoms with Crippen molar-refractivity contribution in [2.24, 2.45) is 5.92 Å². The lowest BCUT2D eigenvalue weighted by Crippen LogP contribution is -2.54. The molecule has 0 spiro atoms. The Morgan fingerprint density at radius 3 is 2.44 bits per heavy atom. The zero-order chi connectivity index (χ0) is 12.4. The summed E-state index contributed by atoms with van der Waals surface area (Å²) in [6.45, 7) is 9.28. The van der Waals surface area contributed by atoms with Crippen molar-refractivity contribution in [1.82, 2.24) is 14.8 Å². The van der Waals surface area contributed by atoms with Gasteiger partial charge in [0.05, 0.1) is 0 Å². The second kappa shape index (κ2) is 5.00. The molecule has 1 fully saturated rings. The molecule has 1 aliphatic rings. The van der Waals surface area contributed by atoms with E-state index in [4.69, 9.17) is 0 Å². The van der Waals surface area contributed by atoms with Gasteiger partial charge in [0.25, 0.3) is 10.2 Å². The van der Waals surface area contributed by atoms with Crippen molar-refractivity contribution in [3.05, 3.63) is 0 Å². The highest BCUT2D eigenvalue weighted by Crippen LogP contribution is 2.11. The van der Waals surface area contributed by atoms with E-state index in [1.807, 2.05) is 20.8 Å². The van der Waals surface area contributed by atoms with Gasteiger partial charge < -0.3 is 5.32 Å². The average Bonchev–Trinajstić information content (AvgIpc) is 2.04. The molecular weight excluding hydrogens is 226 g/mol. The minimum absolute atomic E-state index is 0.0288. The van der Waals surface area contributed by atoms with Crippen molar-refractivity contribution >= 4 is 10.2 Å². The van der Waals surface area contributed by atoms with E-state index in [2.05, 4.69) is 21.7 Å². The minimum atomic E-state index is -3.40. The lowest BCUT2D eigenvalue weighted by atomic mass is 9.97. The summed E-state index contributed by atoms with van der Waals surface area (Å²) >= 11 is 0. The molecular formula is C10H23N3O2S. The Labute approximate surface area is 98.6 Å². The van der Waals surface area contributed by atoms with Gasteiger partial charge in [-0.1, -0.05) is 6.92 Å². The second-order valence-corrected chi connectivity index (χ2v) is 7.00. The van der Waals surface area contributed by atoms with E-state index in [0.717, 1.165) is 19.5 Å². The molecule has 1 saturated heterocycles. The van der Waals surface area contributed by atoms with Gasteiger partial charge in [0, 0.05) is 11.6 Å². The van der Waals surface area contributed by atoms with E-state index < -0.39 is 15.7 Å². The zero-order valence-corrected chi connectivity index (χ0v) is 11.3. The highest BCUT2D eigenvalue weighted by atomic mass is 32.2. The average molecular weight is 249 g/mol. The minimum Gasteiger partial charge on any atom is -0.316 e. The molecule has 2 unspecified atom stereocenters. The third-order valence-corrected chi connectivity index (χ3v) is 4.03. The molecule has 6 heteroatoms. The maximum absolute atomic E-state index is 11.8. The van der Waals surface area contributed by atoms with Gasteiger partial charge >= 0.3 is 0 Å². The highest BCUT2D eigenvalue weighted by Gasteiger charge is 2.27. The van der Waals surface area contributed by atoms with Crippen molar-refractivity contribution in [2.75, 3.05) is 13.1 Å². The number of nitrogens with one attached hydrogen (secondary N) is 3. The van der Waals surface area contributed by atoms with Crippen molar-refractivity contribution in [2.45, 2.75) is 45.7 Å². The topological polar surface area (TPSA) is 70.2 Å². The van der Waals surface area contributed by atoms with Crippen molar-refractivity contribution in [3.8, 4) is 0 Å². The smallest absolute Gasteiger partial charge is 0.277 e. The molecule has 0 radical (unpaired) electrons. The summed E-state index contributed by atoms with van der Waals surface area (Å²) in [5.74, 6) is 0.324. The zero-order valence-electron chi connectivity index (χ0n) is 10.5. The normalized spacial score (nSPS) is 28.0. The summed E-state index contributed by atoms with van der Waals surface area (Å²) in [7, 11) is -3.40. The summed E-state index contributed by atoms with van der Waals surface area (Å²) in [5.41, 5.74) is -0.442. The van der Waals surface area contributed by atoms with Crippen LogP contribution in [-0.2, 0) is 10.2 Å². The van der Waals surface area contributed by atoms with Gasteiger partial charge in [-0.15, -0.1) is 0 Å². The number of hydrogen-bond acceptors (Lipinski definition) is 3.